The molecular weight excluding hydrogens is 328 g/mol. The summed E-state index contributed by atoms with van der Waals surface area (Å²) in [6.45, 7) is 5.31. The van der Waals surface area contributed by atoms with Crippen LogP contribution in [0.2, 0.25) is 0 Å². The fourth-order valence-electron chi connectivity index (χ4n) is 5.15. The Morgan fingerprint density at radius 2 is 2.27 bits per heavy atom. The van der Waals surface area contributed by atoms with Crippen LogP contribution in [0.3, 0.4) is 0 Å². The predicted molar refractivity (Wildman–Crippen MR) is 97.1 cm³/mol. The van der Waals surface area contributed by atoms with Crippen LogP contribution in [0.1, 0.15) is 55.7 Å². The number of hydrogen-bond acceptors (Lipinski definition) is 5. The molecule has 0 saturated heterocycles. The van der Waals surface area contributed by atoms with Crippen LogP contribution in [-0.4, -0.2) is 47.1 Å². The number of hydrogen-bond donors (Lipinski definition) is 1. The van der Waals surface area contributed by atoms with Crippen molar-refractivity contribution < 1.29 is 14.6 Å². The molecule has 2 aliphatic carbocycles. The zero-order valence-corrected chi connectivity index (χ0v) is 15.7. The molecule has 5 nitrogen and oxygen atoms in total. The SMILES string of the molecule is CCC(C)CN(C)[C@@H]1Cc2ccc(C#N)c3c2C2C(O3)C(=O)CC[C@]21O. The second-order valence-corrected chi connectivity index (χ2v) is 8.27. The number of benzene rings is 1. The lowest BCUT2D eigenvalue weighted by molar-refractivity contribution is -0.146. The smallest absolute Gasteiger partial charge is 0.174 e. The minimum absolute atomic E-state index is 0.0379. The Morgan fingerprint density at radius 1 is 1.50 bits per heavy atom. The van der Waals surface area contributed by atoms with E-state index in [4.69, 9.17) is 4.74 Å². The van der Waals surface area contributed by atoms with Crippen LogP contribution in [0.15, 0.2) is 12.1 Å². The summed E-state index contributed by atoms with van der Waals surface area (Å²) in [5.41, 5.74) is 1.47. The quantitative estimate of drug-likeness (QED) is 0.899. The first-order valence-electron chi connectivity index (χ1n) is 9.58. The molecule has 1 fully saturated rings. The summed E-state index contributed by atoms with van der Waals surface area (Å²) in [5, 5.41) is 21.2. The molecule has 1 saturated carbocycles. The van der Waals surface area contributed by atoms with Crippen molar-refractivity contribution in [3.05, 3.63) is 28.8 Å². The van der Waals surface area contributed by atoms with Gasteiger partial charge in [-0.05, 0) is 37.4 Å². The molecule has 1 heterocycles. The third kappa shape index (κ3) is 2.32. The van der Waals surface area contributed by atoms with Gasteiger partial charge >= 0.3 is 0 Å². The lowest BCUT2D eigenvalue weighted by atomic mass is 9.61. The van der Waals surface area contributed by atoms with Crippen molar-refractivity contribution in [2.45, 2.75) is 63.2 Å². The maximum atomic E-state index is 12.5. The number of likely N-dealkylation sites (N-methyl/N-ethyl adjacent to an activating group) is 1. The largest absolute Gasteiger partial charge is 0.480 e. The molecule has 0 spiro atoms. The van der Waals surface area contributed by atoms with Gasteiger partial charge in [0, 0.05) is 24.6 Å². The van der Waals surface area contributed by atoms with Crippen LogP contribution < -0.4 is 4.74 Å². The van der Waals surface area contributed by atoms with Gasteiger partial charge in [0.2, 0.25) is 0 Å². The minimum atomic E-state index is -0.993. The number of carbonyl (C=O) groups excluding carboxylic acids is 1. The summed E-state index contributed by atoms with van der Waals surface area (Å²) in [4.78, 5) is 14.8. The van der Waals surface area contributed by atoms with Gasteiger partial charge in [-0.15, -0.1) is 0 Å². The molecule has 26 heavy (non-hydrogen) atoms. The van der Waals surface area contributed by atoms with Crippen LogP contribution in [-0.2, 0) is 11.2 Å². The molecule has 1 aromatic carbocycles. The Bertz CT molecular complexity index is 799. The van der Waals surface area contributed by atoms with Crippen LogP contribution >= 0.6 is 0 Å². The minimum Gasteiger partial charge on any atom is -0.480 e. The lowest BCUT2D eigenvalue weighted by Crippen LogP contribution is -2.63. The van der Waals surface area contributed by atoms with E-state index < -0.39 is 11.7 Å². The summed E-state index contributed by atoms with van der Waals surface area (Å²) in [7, 11) is 2.07. The molecule has 5 heteroatoms. The van der Waals surface area contributed by atoms with Gasteiger partial charge < -0.3 is 9.84 Å². The number of aliphatic hydroxyl groups is 1. The highest BCUT2D eigenvalue weighted by atomic mass is 16.5. The summed E-state index contributed by atoms with van der Waals surface area (Å²) < 4.78 is 5.98. The second-order valence-electron chi connectivity index (χ2n) is 8.27. The lowest BCUT2D eigenvalue weighted by Gasteiger charge is -2.51. The van der Waals surface area contributed by atoms with Crippen molar-refractivity contribution in [2.24, 2.45) is 5.92 Å². The third-order valence-corrected chi connectivity index (χ3v) is 6.71. The first-order valence-corrected chi connectivity index (χ1v) is 9.58. The van der Waals surface area contributed by atoms with E-state index in [1.54, 1.807) is 6.07 Å². The van der Waals surface area contributed by atoms with Gasteiger partial charge in [-0.1, -0.05) is 26.3 Å². The number of nitrogens with zero attached hydrogens (tertiary/aromatic N) is 2. The summed E-state index contributed by atoms with van der Waals surface area (Å²) >= 11 is 0. The highest BCUT2D eigenvalue weighted by Gasteiger charge is 2.61. The number of ether oxygens (including phenoxy) is 1. The van der Waals surface area contributed by atoms with Gasteiger partial charge in [0.15, 0.2) is 11.9 Å². The fraction of sp³-hybridized carbons (Fsp3) is 0.619. The topological polar surface area (TPSA) is 73.6 Å². The van der Waals surface area contributed by atoms with Crippen molar-refractivity contribution in [2.75, 3.05) is 13.6 Å². The van der Waals surface area contributed by atoms with Crippen LogP contribution in [0, 0.1) is 17.2 Å². The average Bonchev–Trinajstić information content (AvgIpc) is 3.05. The molecule has 1 N–H and O–H groups in total. The fourth-order valence-corrected chi connectivity index (χ4v) is 5.15. The maximum absolute atomic E-state index is 12.5. The van der Waals surface area contributed by atoms with E-state index in [1.165, 1.54) is 0 Å². The van der Waals surface area contributed by atoms with E-state index in [2.05, 4.69) is 31.9 Å². The van der Waals surface area contributed by atoms with Gasteiger partial charge in [0.25, 0.3) is 0 Å². The Balaban J connectivity index is 1.81. The number of Topliss-reactive ketones (excluding diaryl/α,β-unsaturated/α-hetero) is 1. The van der Waals surface area contributed by atoms with Gasteiger partial charge in [0.05, 0.1) is 17.1 Å². The molecular formula is C21H26N2O3. The van der Waals surface area contributed by atoms with Crippen molar-refractivity contribution in [1.82, 2.24) is 4.90 Å². The molecule has 0 radical (unpaired) electrons. The van der Waals surface area contributed by atoms with Crippen LogP contribution in [0.4, 0.5) is 0 Å². The van der Waals surface area contributed by atoms with Crippen LogP contribution in [0.25, 0.3) is 0 Å². The Hall–Kier alpha value is -1.90. The van der Waals surface area contributed by atoms with Crippen molar-refractivity contribution in [1.29, 1.82) is 5.26 Å². The van der Waals surface area contributed by atoms with E-state index in [0.29, 0.717) is 30.1 Å². The third-order valence-electron chi connectivity index (χ3n) is 6.71. The molecule has 138 valence electrons. The first-order chi connectivity index (χ1) is 12.4. The number of ketones is 1. The summed E-state index contributed by atoms with van der Waals surface area (Å²) in [5.74, 6) is 0.746. The molecule has 0 aromatic heterocycles. The Labute approximate surface area is 154 Å². The molecule has 1 aromatic rings. The van der Waals surface area contributed by atoms with Crippen LogP contribution in [0.5, 0.6) is 5.75 Å². The van der Waals surface area contributed by atoms with E-state index in [0.717, 1.165) is 30.5 Å². The van der Waals surface area contributed by atoms with Crippen molar-refractivity contribution >= 4 is 5.78 Å². The number of rotatable bonds is 4. The zero-order chi connectivity index (χ0) is 18.6. The Kier molecular flexibility index (Phi) is 4.09. The number of nitriles is 1. The van der Waals surface area contributed by atoms with Crippen molar-refractivity contribution in [3.63, 3.8) is 0 Å². The van der Waals surface area contributed by atoms with E-state index >= 15 is 0 Å². The molecule has 3 aliphatic rings. The first kappa shape index (κ1) is 17.5. The predicted octanol–water partition coefficient (Wildman–Crippen LogP) is 2.40. The van der Waals surface area contributed by atoms with Gasteiger partial charge in [-0.25, -0.2) is 0 Å². The summed E-state index contributed by atoms with van der Waals surface area (Å²) in [6.07, 6.45) is 1.95. The highest BCUT2D eigenvalue weighted by Crippen LogP contribution is 2.56. The zero-order valence-electron chi connectivity index (χ0n) is 15.7. The summed E-state index contributed by atoms with van der Waals surface area (Å²) in [6, 6.07) is 5.88. The van der Waals surface area contributed by atoms with E-state index in [-0.39, 0.29) is 17.7 Å². The molecule has 0 amide bonds. The Morgan fingerprint density at radius 3 is 2.96 bits per heavy atom. The molecule has 4 rings (SSSR count). The normalized spacial score (nSPS) is 32.8. The molecule has 3 unspecified atom stereocenters. The van der Waals surface area contributed by atoms with E-state index in [9.17, 15) is 15.2 Å². The van der Waals surface area contributed by atoms with Gasteiger partial charge in [0.1, 0.15) is 11.8 Å². The maximum Gasteiger partial charge on any atom is 0.174 e. The van der Waals surface area contributed by atoms with E-state index in [1.807, 2.05) is 6.07 Å². The molecule has 1 aliphatic heterocycles. The van der Waals surface area contributed by atoms with Crippen molar-refractivity contribution in [3.8, 4) is 11.8 Å². The monoisotopic (exact) mass is 354 g/mol. The van der Waals surface area contributed by atoms with Gasteiger partial charge in [-0.3, -0.25) is 9.69 Å². The molecule has 5 atom stereocenters. The highest BCUT2D eigenvalue weighted by molar-refractivity contribution is 5.88. The number of carbonyl (C=O) groups is 1. The standard InChI is InChI=1S/C21H26N2O3/c1-4-12(2)11-23(3)16-9-13-5-6-14(10-22)19-17(13)18-20(26-19)15(24)7-8-21(16,18)25/h5-6,12,16,18,20,25H,4,7-9,11H2,1-3H3/t12?,16-,18?,20?,21-/m1/s1. The van der Waals surface area contributed by atoms with Gasteiger partial charge in [-0.2, -0.15) is 5.26 Å². The molecule has 0 bridgehead atoms. The second kappa shape index (κ2) is 6.07. The average molecular weight is 354 g/mol.